The van der Waals surface area contributed by atoms with Crippen molar-refractivity contribution in [2.75, 3.05) is 0 Å². The predicted molar refractivity (Wildman–Crippen MR) is 65.6 cm³/mol. The van der Waals surface area contributed by atoms with Crippen molar-refractivity contribution in [1.82, 2.24) is 10.3 Å². The largest absolute Gasteiger partial charge is 0.464 e. The Kier molecular flexibility index (Phi) is 2.92. The fraction of sp³-hybridized carbons (Fsp3) is 0.357. The van der Waals surface area contributed by atoms with Gasteiger partial charge in [-0.15, -0.1) is 0 Å². The zero-order valence-corrected chi connectivity index (χ0v) is 9.73. The van der Waals surface area contributed by atoms with E-state index in [9.17, 15) is 0 Å². The number of nitrogens with zero attached hydrogens (tertiary/aromatic N) is 1. The summed E-state index contributed by atoms with van der Waals surface area (Å²) < 4.78 is 5.76. The highest BCUT2D eigenvalue weighted by Gasteiger charge is 2.20. The Hall–Kier alpha value is -1.61. The summed E-state index contributed by atoms with van der Waals surface area (Å²) in [6.07, 6.45) is 5.20. The maximum atomic E-state index is 5.76. The van der Waals surface area contributed by atoms with E-state index in [1.807, 2.05) is 36.5 Å². The Labute approximate surface area is 101 Å². The van der Waals surface area contributed by atoms with E-state index in [0.717, 1.165) is 36.2 Å². The minimum Gasteiger partial charge on any atom is -0.464 e. The fourth-order valence-corrected chi connectivity index (χ4v) is 1.83. The number of hydrogen-bond donors (Lipinski definition) is 1. The van der Waals surface area contributed by atoms with Gasteiger partial charge in [0.05, 0.1) is 6.54 Å². The molecule has 0 bridgehead atoms. The molecule has 2 aromatic heterocycles. The molecule has 1 aliphatic carbocycles. The topological polar surface area (TPSA) is 38.1 Å². The molecule has 1 saturated carbocycles. The Morgan fingerprint density at radius 2 is 2.06 bits per heavy atom. The third kappa shape index (κ3) is 2.94. The van der Waals surface area contributed by atoms with E-state index in [4.69, 9.17) is 4.42 Å². The molecule has 0 unspecified atom stereocenters. The molecule has 0 aliphatic heterocycles. The van der Waals surface area contributed by atoms with E-state index in [-0.39, 0.29) is 0 Å². The number of furan rings is 1. The van der Waals surface area contributed by atoms with Gasteiger partial charge in [0.2, 0.25) is 0 Å². The molecule has 3 heteroatoms. The van der Waals surface area contributed by atoms with Gasteiger partial charge in [-0.25, -0.2) is 0 Å². The van der Waals surface area contributed by atoms with Crippen LogP contribution in [0.15, 0.2) is 40.9 Å². The van der Waals surface area contributed by atoms with Crippen LogP contribution in [0.3, 0.4) is 0 Å². The van der Waals surface area contributed by atoms with Gasteiger partial charge in [0.25, 0.3) is 0 Å². The summed E-state index contributed by atoms with van der Waals surface area (Å²) in [5.41, 5.74) is 1.04. The molecule has 2 aromatic rings. The Balaban J connectivity index is 1.59. The zero-order valence-electron chi connectivity index (χ0n) is 9.73. The molecule has 88 valence electrons. The van der Waals surface area contributed by atoms with Gasteiger partial charge in [-0.05, 0) is 37.1 Å². The molecule has 1 aliphatic rings. The molecule has 2 heterocycles. The van der Waals surface area contributed by atoms with Crippen molar-refractivity contribution in [3.8, 4) is 0 Å². The number of pyridine rings is 1. The van der Waals surface area contributed by atoms with Crippen molar-refractivity contribution in [1.29, 1.82) is 0 Å². The second-order valence-corrected chi connectivity index (χ2v) is 4.52. The maximum Gasteiger partial charge on any atom is 0.117 e. The Morgan fingerprint density at radius 3 is 2.82 bits per heavy atom. The third-order valence-corrected chi connectivity index (χ3v) is 2.94. The lowest BCUT2D eigenvalue weighted by molar-refractivity contribution is 0.452. The summed E-state index contributed by atoms with van der Waals surface area (Å²) in [5.74, 6) is 2.00. The molecule has 1 fully saturated rings. The second-order valence-electron chi connectivity index (χ2n) is 4.52. The van der Waals surface area contributed by atoms with E-state index in [2.05, 4.69) is 10.3 Å². The number of nitrogens with one attached hydrogen (secondary N) is 1. The predicted octanol–water partition coefficient (Wildman–Crippen LogP) is 2.52. The van der Waals surface area contributed by atoms with E-state index in [1.165, 1.54) is 12.8 Å². The molecule has 0 atom stereocenters. The molecule has 0 spiro atoms. The first-order valence-electron chi connectivity index (χ1n) is 6.11. The summed E-state index contributed by atoms with van der Waals surface area (Å²) in [6.45, 7) is 0.840. The quantitative estimate of drug-likeness (QED) is 0.854. The van der Waals surface area contributed by atoms with Crippen LogP contribution in [-0.2, 0) is 13.0 Å². The van der Waals surface area contributed by atoms with Crippen LogP contribution in [0.4, 0.5) is 0 Å². The van der Waals surface area contributed by atoms with E-state index < -0.39 is 0 Å². The van der Waals surface area contributed by atoms with Gasteiger partial charge in [0.1, 0.15) is 11.5 Å². The summed E-state index contributed by atoms with van der Waals surface area (Å²) in [4.78, 5) is 4.29. The van der Waals surface area contributed by atoms with Gasteiger partial charge >= 0.3 is 0 Å². The van der Waals surface area contributed by atoms with Crippen molar-refractivity contribution < 1.29 is 4.42 Å². The highest BCUT2D eigenvalue weighted by Crippen LogP contribution is 2.20. The van der Waals surface area contributed by atoms with E-state index in [0.29, 0.717) is 0 Å². The molecule has 3 rings (SSSR count). The molecule has 17 heavy (non-hydrogen) atoms. The van der Waals surface area contributed by atoms with Crippen molar-refractivity contribution in [2.24, 2.45) is 0 Å². The van der Waals surface area contributed by atoms with Gasteiger partial charge in [-0.1, -0.05) is 6.07 Å². The van der Waals surface area contributed by atoms with Crippen LogP contribution >= 0.6 is 0 Å². The average Bonchev–Trinajstić information content (AvgIpc) is 3.09. The van der Waals surface area contributed by atoms with E-state index in [1.54, 1.807) is 0 Å². The molecular weight excluding hydrogens is 212 g/mol. The summed E-state index contributed by atoms with van der Waals surface area (Å²) in [6, 6.07) is 10.8. The highest BCUT2D eigenvalue weighted by molar-refractivity contribution is 5.15. The number of aromatic nitrogens is 1. The summed E-state index contributed by atoms with van der Waals surface area (Å²) in [5, 5.41) is 3.44. The lowest BCUT2D eigenvalue weighted by Gasteiger charge is -1.99. The normalized spacial score (nSPS) is 15.1. The molecule has 0 saturated heterocycles. The van der Waals surface area contributed by atoms with Crippen molar-refractivity contribution in [3.05, 3.63) is 53.7 Å². The maximum absolute atomic E-state index is 5.76. The summed E-state index contributed by atoms with van der Waals surface area (Å²) in [7, 11) is 0. The first-order chi connectivity index (χ1) is 8.40. The zero-order chi connectivity index (χ0) is 11.5. The molecule has 3 nitrogen and oxygen atoms in total. The van der Waals surface area contributed by atoms with E-state index >= 15 is 0 Å². The average molecular weight is 228 g/mol. The number of rotatable bonds is 5. The lowest BCUT2D eigenvalue weighted by atomic mass is 10.2. The molecule has 1 N–H and O–H groups in total. The van der Waals surface area contributed by atoms with Crippen molar-refractivity contribution in [3.63, 3.8) is 0 Å². The van der Waals surface area contributed by atoms with Crippen molar-refractivity contribution in [2.45, 2.75) is 31.8 Å². The highest BCUT2D eigenvalue weighted by atomic mass is 16.3. The standard InChI is InChI=1S/C14H16N2O/c1-2-8-15-12(3-1)9-13-6-7-14(17-13)10-16-11-4-5-11/h1-3,6-8,11,16H,4-5,9-10H2. The van der Waals surface area contributed by atoms with Gasteiger partial charge in [0, 0.05) is 24.4 Å². The van der Waals surface area contributed by atoms with Crippen LogP contribution in [-0.4, -0.2) is 11.0 Å². The minimum atomic E-state index is 0.722. The van der Waals surface area contributed by atoms with Gasteiger partial charge < -0.3 is 9.73 Å². The van der Waals surface area contributed by atoms with Gasteiger partial charge in [-0.2, -0.15) is 0 Å². The fourth-order valence-electron chi connectivity index (χ4n) is 1.83. The second kappa shape index (κ2) is 4.72. The van der Waals surface area contributed by atoms with Crippen LogP contribution in [0.5, 0.6) is 0 Å². The molecule has 0 radical (unpaired) electrons. The molecule has 0 aromatic carbocycles. The first kappa shape index (κ1) is 10.5. The van der Waals surface area contributed by atoms with Gasteiger partial charge in [0.15, 0.2) is 0 Å². The van der Waals surface area contributed by atoms with Crippen LogP contribution < -0.4 is 5.32 Å². The Bertz CT molecular complexity index is 474. The number of hydrogen-bond acceptors (Lipinski definition) is 3. The smallest absolute Gasteiger partial charge is 0.117 e. The minimum absolute atomic E-state index is 0.722. The first-order valence-corrected chi connectivity index (χ1v) is 6.11. The summed E-state index contributed by atoms with van der Waals surface area (Å²) >= 11 is 0. The lowest BCUT2D eigenvalue weighted by Crippen LogP contribution is -2.14. The van der Waals surface area contributed by atoms with Crippen LogP contribution in [0.25, 0.3) is 0 Å². The molecule has 0 amide bonds. The van der Waals surface area contributed by atoms with Crippen LogP contribution in [0.2, 0.25) is 0 Å². The van der Waals surface area contributed by atoms with Crippen LogP contribution in [0.1, 0.15) is 30.1 Å². The van der Waals surface area contributed by atoms with Gasteiger partial charge in [-0.3, -0.25) is 4.98 Å². The third-order valence-electron chi connectivity index (χ3n) is 2.94. The SMILES string of the molecule is c1ccc(Cc2ccc(CNC3CC3)o2)nc1. The van der Waals surface area contributed by atoms with Crippen molar-refractivity contribution >= 4 is 0 Å². The molecular formula is C14H16N2O. The van der Waals surface area contributed by atoms with Crippen LogP contribution in [0, 0.1) is 0 Å². The Morgan fingerprint density at radius 1 is 1.18 bits per heavy atom. The monoisotopic (exact) mass is 228 g/mol.